The third-order valence-electron chi connectivity index (χ3n) is 3.65. The zero-order valence-corrected chi connectivity index (χ0v) is 12.1. The van der Waals surface area contributed by atoms with Crippen molar-refractivity contribution < 1.29 is 0 Å². The molecule has 0 amide bonds. The first-order chi connectivity index (χ1) is 9.65. The number of hydrogen-bond donors (Lipinski definition) is 2. The van der Waals surface area contributed by atoms with E-state index in [1.807, 2.05) is 18.2 Å². The van der Waals surface area contributed by atoms with E-state index < -0.39 is 0 Å². The molecular formula is C15H22N4O. The number of rotatable bonds is 6. The maximum Gasteiger partial charge on any atom is 0.258 e. The molecule has 0 radical (unpaired) electrons. The summed E-state index contributed by atoms with van der Waals surface area (Å²) in [7, 11) is 0. The topological polar surface area (TPSA) is 75.0 Å². The molecule has 0 aliphatic heterocycles. The van der Waals surface area contributed by atoms with Crippen LogP contribution in [0.4, 0.5) is 0 Å². The van der Waals surface area contributed by atoms with Gasteiger partial charge in [-0.25, -0.2) is 4.98 Å². The van der Waals surface area contributed by atoms with Gasteiger partial charge < -0.3 is 10.7 Å². The van der Waals surface area contributed by atoms with Crippen LogP contribution in [0.3, 0.4) is 0 Å². The highest BCUT2D eigenvalue weighted by Crippen LogP contribution is 2.10. The van der Waals surface area contributed by atoms with Gasteiger partial charge in [-0.3, -0.25) is 9.69 Å². The number of benzene rings is 1. The highest BCUT2D eigenvalue weighted by atomic mass is 16.1. The predicted octanol–water partition coefficient (Wildman–Crippen LogP) is 1.48. The molecule has 0 spiro atoms. The number of nitrogens with two attached hydrogens (primary N) is 1. The van der Waals surface area contributed by atoms with E-state index in [2.05, 4.69) is 28.7 Å². The molecule has 3 N–H and O–H groups in total. The van der Waals surface area contributed by atoms with Gasteiger partial charge >= 0.3 is 0 Å². The van der Waals surface area contributed by atoms with E-state index in [0.717, 1.165) is 18.5 Å². The smallest absolute Gasteiger partial charge is 0.258 e. The summed E-state index contributed by atoms with van der Waals surface area (Å²) < 4.78 is 0. The standard InChI is InChI=1S/C15H22N4O/c1-3-11(2)19(9-8-16)10-14-17-13-7-5-4-6-12(13)15(20)18-14/h4-7,11H,3,8-10,16H2,1-2H3,(H,17,18,20). The molecule has 1 atom stereocenters. The quantitative estimate of drug-likeness (QED) is 0.836. The van der Waals surface area contributed by atoms with Gasteiger partial charge in [-0.2, -0.15) is 0 Å². The van der Waals surface area contributed by atoms with Crippen LogP contribution in [-0.4, -0.2) is 34.0 Å². The summed E-state index contributed by atoms with van der Waals surface area (Å²) in [5, 5.41) is 0.630. The molecule has 2 aromatic rings. The van der Waals surface area contributed by atoms with Crippen molar-refractivity contribution >= 4 is 10.9 Å². The number of aromatic amines is 1. The Bertz CT molecular complexity index is 623. The first-order valence-corrected chi connectivity index (χ1v) is 7.07. The van der Waals surface area contributed by atoms with Crippen molar-refractivity contribution in [1.29, 1.82) is 0 Å². The maximum absolute atomic E-state index is 12.0. The Balaban J connectivity index is 2.30. The number of aromatic nitrogens is 2. The molecule has 1 aromatic carbocycles. The van der Waals surface area contributed by atoms with E-state index >= 15 is 0 Å². The number of nitrogens with one attached hydrogen (secondary N) is 1. The van der Waals surface area contributed by atoms with Crippen LogP contribution in [0.5, 0.6) is 0 Å². The lowest BCUT2D eigenvalue weighted by molar-refractivity contribution is 0.196. The lowest BCUT2D eigenvalue weighted by Crippen LogP contribution is -2.37. The molecule has 0 saturated heterocycles. The third-order valence-corrected chi connectivity index (χ3v) is 3.65. The maximum atomic E-state index is 12.0. The van der Waals surface area contributed by atoms with Crippen LogP contribution in [0.2, 0.25) is 0 Å². The fourth-order valence-corrected chi connectivity index (χ4v) is 2.28. The zero-order valence-electron chi connectivity index (χ0n) is 12.1. The molecule has 0 bridgehead atoms. The number of para-hydroxylation sites is 1. The second kappa shape index (κ2) is 6.63. The average Bonchev–Trinajstić information content (AvgIpc) is 2.46. The molecular weight excluding hydrogens is 252 g/mol. The summed E-state index contributed by atoms with van der Waals surface area (Å²) in [6.07, 6.45) is 1.04. The molecule has 5 nitrogen and oxygen atoms in total. The Morgan fingerprint density at radius 2 is 2.15 bits per heavy atom. The van der Waals surface area contributed by atoms with E-state index in [4.69, 9.17) is 5.73 Å². The minimum atomic E-state index is -0.0811. The van der Waals surface area contributed by atoms with Crippen LogP contribution in [-0.2, 0) is 6.54 Å². The summed E-state index contributed by atoms with van der Waals surface area (Å²) in [5.41, 5.74) is 6.32. The van der Waals surface area contributed by atoms with Crippen LogP contribution in [0, 0.1) is 0 Å². The monoisotopic (exact) mass is 274 g/mol. The summed E-state index contributed by atoms with van der Waals surface area (Å²) >= 11 is 0. The predicted molar refractivity (Wildman–Crippen MR) is 81.6 cm³/mol. The van der Waals surface area contributed by atoms with Gasteiger partial charge in [0.1, 0.15) is 5.82 Å². The van der Waals surface area contributed by atoms with Gasteiger partial charge in [-0.15, -0.1) is 0 Å². The van der Waals surface area contributed by atoms with Gasteiger partial charge in [0, 0.05) is 19.1 Å². The summed E-state index contributed by atoms with van der Waals surface area (Å²) in [6.45, 7) is 6.32. The molecule has 0 aliphatic carbocycles. The molecule has 1 unspecified atom stereocenters. The first-order valence-electron chi connectivity index (χ1n) is 7.07. The Morgan fingerprint density at radius 3 is 2.85 bits per heavy atom. The Labute approximate surface area is 118 Å². The van der Waals surface area contributed by atoms with Gasteiger partial charge in [-0.1, -0.05) is 19.1 Å². The Hall–Kier alpha value is -1.72. The number of hydrogen-bond acceptors (Lipinski definition) is 4. The van der Waals surface area contributed by atoms with Crippen LogP contribution in [0.1, 0.15) is 26.1 Å². The van der Waals surface area contributed by atoms with Gasteiger partial charge in [-0.05, 0) is 25.5 Å². The summed E-state index contributed by atoms with van der Waals surface area (Å²) in [4.78, 5) is 21.7. The summed E-state index contributed by atoms with van der Waals surface area (Å²) in [5.74, 6) is 0.697. The second-order valence-electron chi connectivity index (χ2n) is 5.05. The third kappa shape index (κ3) is 3.23. The largest absolute Gasteiger partial charge is 0.329 e. The van der Waals surface area contributed by atoms with E-state index in [0.29, 0.717) is 30.3 Å². The van der Waals surface area contributed by atoms with Crippen molar-refractivity contribution in [1.82, 2.24) is 14.9 Å². The number of nitrogens with zero attached hydrogens (tertiary/aromatic N) is 2. The van der Waals surface area contributed by atoms with Gasteiger partial charge in [0.2, 0.25) is 0 Å². The summed E-state index contributed by atoms with van der Waals surface area (Å²) in [6, 6.07) is 7.81. The van der Waals surface area contributed by atoms with Crippen LogP contribution >= 0.6 is 0 Å². The number of H-pyrrole nitrogens is 1. The van der Waals surface area contributed by atoms with Crippen molar-refractivity contribution in [3.05, 3.63) is 40.4 Å². The van der Waals surface area contributed by atoms with E-state index in [1.54, 1.807) is 6.07 Å². The Kier molecular flexibility index (Phi) is 4.87. The van der Waals surface area contributed by atoms with Gasteiger partial charge in [0.25, 0.3) is 5.56 Å². The second-order valence-corrected chi connectivity index (χ2v) is 5.05. The van der Waals surface area contributed by atoms with Crippen LogP contribution in [0.15, 0.2) is 29.1 Å². The highest BCUT2D eigenvalue weighted by Gasteiger charge is 2.13. The van der Waals surface area contributed by atoms with Gasteiger partial charge in [0.15, 0.2) is 0 Å². The minimum absolute atomic E-state index is 0.0811. The van der Waals surface area contributed by atoms with Crippen molar-refractivity contribution in [2.24, 2.45) is 5.73 Å². The molecule has 2 rings (SSSR count). The van der Waals surface area contributed by atoms with Crippen LogP contribution < -0.4 is 11.3 Å². The van der Waals surface area contributed by atoms with Crippen molar-refractivity contribution in [2.75, 3.05) is 13.1 Å². The van der Waals surface area contributed by atoms with E-state index in [1.165, 1.54) is 0 Å². The molecule has 0 aliphatic rings. The van der Waals surface area contributed by atoms with E-state index in [-0.39, 0.29) is 5.56 Å². The normalized spacial score (nSPS) is 13.0. The molecule has 1 heterocycles. The fourth-order valence-electron chi connectivity index (χ4n) is 2.28. The number of fused-ring (bicyclic) bond motifs is 1. The Morgan fingerprint density at radius 1 is 1.40 bits per heavy atom. The van der Waals surface area contributed by atoms with Crippen LogP contribution in [0.25, 0.3) is 10.9 Å². The molecule has 1 aromatic heterocycles. The van der Waals surface area contributed by atoms with Gasteiger partial charge in [0.05, 0.1) is 17.4 Å². The first kappa shape index (κ1) is 14.7. The molecule has 20 heavy (non-hydrogen) atoms. The average molecular weight is 274 g/mol. The van der Waals surface area contributed by atoms with Crippen molar-refractivity contribution in [3.63, 3.8) is 0 Å². The zero-order chi connectivity index (χ0) is 14.5. The highest BCUT2D eigenvalue weighted by molar-refractivity contribution is 5.77. The van der Waals surface area contributed by atoms with E-state index in [9.17, 15) is 4.79 Å². The molecule has 0 saturated carbocycles. The lowest BCUT2D eigenvalue weighted by Gasteiger charge is -2.27. The lowest BCUT2D eigenvalue weighted by atomic mass is 10.2. The van der Waals surface area contributed by atoms with Crippen molar-refractivity contribution in [3.8, 4) is 0 Å². The minimum Gasteiger partial charge on any atom is -0.329 e. The fraction of sp³-hybridized carbons (Fsp3) is 0.467. The van der Waals surface area contributed by atoms with Crippen molar-refractivity contribution in [2.45, 2.75) is 32.9 Å². The molecule has 5 heteroatoms. The molecule has 108 valence electrons. The SMILES string of the molecule is CCC(C)N(CCN)Cc1nc2ccccc2c(=O)[nH]1. The molecule has 0 fully saturated rings.